The molecule has 1 saturated heterocycles. The molecule has 39 heavy (non-hydrogen) atoms. The van der Waals surface area contributed by atoms with E-state index < -0.39 is 0 Å². The van der Waals surface area contributed by atoms with Gasteiger partial charge >= 0.3 is 0 Å². The number of anilines is 2. The molecule has 2 aromatic carbocycles. The average Bonchev–Trinajstić information content (AvgIpc) is 3.32. The van der Waals surface area contributed by atoms with Crippen molar-refractivity contribution in [1.29, 1.82) is 0 Å². The second-order valence-electron chi connectivity index (χ2n) is 11.3. The lowest BCUT2D eigenvalue weighted by Gasteiger charge is -2.29. The van der Waals surface area contributed by atoms with Gasteiger partial charge in [-0.25, -0.2) is 9.97 Å². The van der Waals surface area contributed by atoms with Crippen molar-refractivity contribution in [1.82, 2.24) is 14.9 Å². The molecule has 204 valence electrons. The molecule has 1 N–H and O–H groups in total. The van der Waals surface area contributed by atoms with Crippen LogP contribution in [0.15, 0.2) is 72.9 Å². The SMILES string of the molecule is CN1CCCC(COCc2nc(Nc3cccnc3Oc3ccccc3C(C)(C)C)sc2-c2ccccc2)C1. The molecule has 3 heterocycles. The van der Waals surface area contributed by atoms with E-state index in [9.17, 15) is 0 Å². The Morgan fingerprint density at radius 2 is 1.82 bits per heavy atom. The molecular weight excluding hydrogens is 504 g/mol. The Morgan fingerprint density at radius 1 is 1.03 bits per heavy atom. The molecule has 0 saturated carbocycles. The van der Waals surface area contributed by atoms with Crippen LogP contribution in [0.1, 0.15) is 44.9 Å². The first-order chi connectivity index (χ1) is 18.9. The van der Waals surface area contributed by atoms with E-state index in [2.05, 4.69) is 73.4 Å². The van der Waals surface area contributed by atoms with Gasteiger partial charge in [0.15, 0.2) is 5.13 Å². The third kappa shape index (κ3) is 7.04. The number of thiazole rings is 1. The highest BCUT2D eigenvalue weighted by Gasteiger charge is 2.21. The van der Waals surface area contributed by atoms with Gasteiger partial charge in [-0.3, -0.25) is 0 Å². The van der Waals surface area contributed by atoms with Gasteiger partial charge in [0.05, 0.1) is 23.8 Å². The molecule has 1 aliphatic rings. The fraction of sp³-hybridized carbons (Fsp3) is 0.375. The summed E-state index contributed by atoms with van der Waals surface area (Å²) in [5, 5.41) is 4.27. The summed E-state index contributed by atoms with van der Waals surface area (Å²) in [5.74, 6) is 1.90. The molecule has 5 rings (SSSR count). The van der Waals surface area contributed by atoms with Crippen LogP contribution in [0.5, 0.6) is 11.6 Å². The van der Waals surface area contributed by atoms with Crippen molar-refractivity contribution >= 4 is 22.2 Å². The van der Waals surface area contributed by atoms with Gasteiger partial charge in [-0.05, 0) is 61.5 Å². The number of piperidine rings is 1. The van der Waals surface area contributed by atoms with Gasteiger partial charge in [0.1, 0.15) is 11.4 Å². The maximum Gasteiger partial charge on any atom is 0.243 e. The Bertz CT molecular complexity index is 1370. The number of pyridine rings is 1. The quantitative estimate of drug-likeness (QED) is 0.232. The van der Waals surface area contributed by atoms with E-state index in [1.165, 1.54) is 19.4 Å². The van der Waals surface area contributed by atoms with Gasteiger partial charge in [0, 0.05) is 18.3 Å². The van der Waals surface area contributed by atoms with Crippen molar-refractivity contribution < 1.29 is 9.47 Å². The Balaban J connectivity index is 1.37. The number of aromatic nitrogens is 2. The van der Waals surface area contributed by atoms with Crippen LogP contribution in [0.4, 0.5) is 10.8 Å². The van der Waals surface area contributed by atoms with Crippen molar-refractivity contribution in [3.05, 3.63) is 84.2 Å². The lowest BCUT2D eigenvalue weighted by molar-refractivity contribution is 0.0568. The van der Waals surface area contributed by atoms with Gasteiger partial charge in [-0.15, -0.1) is 0 Å². The van der Waals surface area contributed by atoms with Crippen molar-refractivity contribution in [3.8, 4) is 22.1 Å². The number of para-hydroxylation sites is 1. The predicted molar refractivity (Wildman–Crippen MR) is 160 cm³/mol. The molecule has 0 spiro atoms. The molecular formula is C32H38N4O2S. The highest BCUT2D eigenvalue weighted by molar-refractivity contribution is 7.19. The minimum Gasteiger partial charge on any atom is -0.437 e. The summed E-state index contributed by atoms with van der Waals surface area (Å²) in [5.41, 5.74) is 3.93. The predicted octanol–water partition coefficient (Wildman–Crippen LogP) is 7.90. The number of hydrogen-bond donors (Lipinski definition) is 1. The van der Waals surface area contributed by atoms with E-state index >= 15 is 0 Å². The van der Waals surface area contributed by atoms with E-state index in [1.807, 2.05) is 36.4 Å². The van der Waals surface area contributed by atoms with E-state index in [-0.39, 0.29) is 5.41 Å². The number of benzene rings is 2. The lowest BCUT2D eigenvalue weighted by atomic mass is 9.86. The van der Waals surface area contributed by atoms with Gasteiger partial charge in [0.2, 0.25) is 5.88 Å². The minimum atomic E-state index is -0.0548. The second kappa shape index (κ2) is 12.3. The fourth-order valence-electron chi connectivity index (χ4n) is 5.01. The molecule has 1 atom stereocenters. The molecule has 1 unspecified atom stereocenters. The maximum atomic E-state index is 6.38. The van der Waals surface area contributed by atoms with Crippen molar-refractivity contribution in [2.45, 2.75) is 45.6 Å². The summed E-state index contributed by atoms with van der Waals surface area (Å²) in [4.78, 5) is 13.0. The van der Waals surface area contributed by atoms with Crippen LogP contribution < -0.4 is 10.1 Å². The van der Waals surface area contributed by atoms with E-state index in [0.717, 1.165) is 51.4 Å². The minimum absolute atomic E-state index is 0.0548. The zero-order valence-corrected chi connectivity index (χ0v) is 24.1. The molecule has 6 nitrogen and oxygen atoms in total. The van der Waals surface area contributed by atoms with Crippen LogP contribution in [-0.4, -0.2) is 41.6 Å². The monoisotopic (exact) mass is 542 g/mol. The van der Waals surface area contributed by atoms with E-state index in [4.69, 9.17) is 14.5 Å². The Kier molecular flexibility index (Phi) is 8.60. The van der Waals surface area contributed by atoms with Crippen LogP contribution in [0.25, 0.3) is 10.4 Å². The van der Waals surface area contributed by atoms with Crippen molar-refractivity contribution in [2.75, 3.05) is 32.1 Å². The average molecular weight is 543 g/mol. The maximum absolute atomic E-state index is 6.38. The molecule has 0 bridgehead atoms. The standard InChI is InChI=1S/C32H38N4O2S/c1-32(2,3)25-15-8-9-17-28(25)38-30-26(16-10-18-33-30)34-31-35-27(29(39-31)24-13-6-5-7-14-24)22-37-21-23-12-11-19-36(4)20-23/h5-10,13-18,23H,11-12,19-22H2,1-4H3,(H,34,35). The van der Waals surface area contributed by atoms with Gasteiger partial charge in [-0.1, -0.05) is 80.6 Å². The Labute approximate surface area is 236 Å². The van der Waals surface area contributed by atoms with E-state index in [1.54, 1.807) is 17.5 Å². The Morgan fingerprint density at radius 3 is 2.62 bits per heavy atom. The van der Waals surface area contributed by atoms with E-state index in [0.29, 0.717) is 18.4 Å². The summed E-state index contributed by atoms with van der Waals surface area (Å²) >= 11 is 1.62. The largest absolute Gasteiger partial charge is 0.437 e. The molecule has 2 aromatic heterocycles. The van der Waals surface area contributed by atoms with Crippen molar-refractivity contribution in [3.63, 3.8) is 0 Å². The first-order valence-corrected chi connectivity index (χ1v) is 14.5. The normalized spacial score (nSPS) is 16.3. The lowest BCUT2D eigenvalue weighted by Crippen LogP contribution is -2.34. The molecule has 0 radical (unpaired) electrons. The first kappa shape index (κ1) is 27.3. The topological polar surface area (TPSA) is 59.5 Å². The number of nitrogens with zero attached hydrogens (tertiary/aromatic N) is 3. The summed E-state index contributed by atoms with van der Waals surface area (Å²) < 4.78 is 12.6. The summed E-state index contributed by atoms with van der Waals surface area (Å²) in [7, 11) is 2.19. The first-order valence-electron chi connectivity index (χ1n) is 13.7. The highest BCUT2D eigenvalue weighted by Crippen LogP contribution is 2.39. The van der Waals surface area contributed by atoms with Crippen molar-refractivity contribution in [2.24, 2.45) is 5.92 Å². The smallest absolute Gasteiger partial charge is 0.243 e. The van der Waals surface area contributed by atoms with Gasteiger partial charge in [0.25, 0.3) is 0 Å². The third-order valence-corrected chi connectivity index (χ3v) is 8.02. The zero-order chi connectivity index (χ0) is 27.2. The summed E-state index contributed by atoms with van der Waals surface area (Å²) in [6, 6.07) is 22.4. The highest BCUT2D eigenvalue weighted by atomic mass is 32.1. The molecule has 4 aromatic rings. The molecule has 0 aliphatic carbocycles. The molecule has 7 heteroatoms. The second-order valence-corrected chi connectivity index (χ2v) is 12.3. The Hall–Kier alpha value is -3.26. The fourth-order valence-corrected chi connectivity index (χ4v) is 6.00. The number of ether oxygens (including phenoxy) is 2. The van der Waals surface area contributed by atoms with Gasteiger partial charge < -0.3 is 19.7 Å². The van der Waals surface area contributed by atoms with Crippen LogP contribution in [0.2, 0.25) is 0 Å². The summed E-state index contributed by atoms with van der Waals surface area (Å²) in [6.07, 6.45) is 4.21. The number of rotatable bonds is 9. The number of likely N-dealkylation sites (tertiary alicyclic amines) is 1. The van der Waals surface area contributed by atoms with Crippen LogP contribution in [0.3, 0.4) is 0 Å². The van der Waals surface area contributed by atoms with Gasteiger partial charge in [-0.2, -0.15) is 0 Å². The van der Waals surface area contributed by atoms with Crippen LogP contribution in [0, 0.1) is 5.92 Å². The molecule has 1 aliphatic heterocycles. The number of hydrogen-bond acceptors (Lipinski definition) is 7. The molecule has 1 fully saturated rings. The third-order valence-electron chi connectivity index (χ3n) is 6.96. The van der Waals surface area contributed by atoms with Crippen LogP contribution in [-0.2, 0) is 16.8 Å². The number of nitrogens with one attached hydrogen (secondary N) is 1. The zero-order valence-electron chi connectivity index (χ0n) is 23.3. The molecule has 0 amide bonds. The summed E-state index contributed by atoms with van der Waals surface area (Å²) in [6.45, 7) is 10.1. The van der Waals surface area contributed by atoms with Crippen LogP contribution >= 0.6 is 11.3 Å².